The van der Waals surface area contributed by atoms with E-state index in [1.807, 2.05) is 0 Å². The number of hydrogen-bond acceptors (Lipinski definition) is 4. The molecule has 0 fully saturated rings. The summed E-state index contributed by atoms with van der Waals surface area (Å²) in [4.78, 5) is 17.0. The Morgan fingerprint density at radius 2 is 1.76 bits per heavy atom. The van der Waals surface area contributed by atoms with Crippen molar-refractivity contribution in [1.29, 1.82) is 0 Å². The maximum Gasteiger partial charge on any atom is 0.433 e. The Labute approximate surface area is 216 Å². The molecule has 5 rings (SSSR count). The maximum absolute atomic E-state index is 14.0. The predicted molar refractivity (Wildman–Crippen MR) is 129 cm³/mol. The molecule has 2 aromatic carbocycles. The third-order valence-corrected chi connectivity index (χ3v) is 5.96. The van der Waals surface area contributed by atoms with Crippen LogP contribution in [0.3, 0.4) is 0 Å². The molecule has 0 radical (unpaired) electrons. The van der Waals surface area contributed by atoms with Gasteiger partial charge in [-0.3, -0.25) is 9.48 Å². The number of benzene rings is 2. The highest BCUT2D eigenvalue weighted by Crippen LogP contribution is 2.32. The summed E-state index contributed by atoms with van der Waals surface area (Å²) in [5, 5.41) is 11.1. The normalized spacial score (nSPS) is 11.7. The van der Waals surface area contributed by atoms with Crippen molar-refractivity contribution in [2.24, 2.45) is 0 Å². The number of fused-ring (bicyclic) bond motifs is 1. The summed E-state index contributed by atoms with van der Waals surface area (Å²) in [7, 11) is 0. The quantitative estimate of drug-likeness (QED) is 0.259. The number of nitrogens with zero attached hydrogens (tertiary/aromatic N) is 5. The maximum atomic E-state index is 14.0. The molecule has 13 heteroatoms. The topological polar surface area (TPSA) is 77.1 Å². The van der Waals surface area contributed by atoms with Gasteiger partial charge in [-0.1, -0.05) is 41.4 Å². The van der Waals surface area contributed by atoms with Gasteiger partial charge in [-0.05, 0) is 30.3 Å². The average molecular weight is 549 g/mol. The fourth-order valence-electron chi connectivity index (χ4n) is 3.60. The number of halogens is 6. The van der Waals surface area contributed by atoms with Crippen molar-refractivity contribution >= 4 is 40.6 Å². The molecule has 0 unspecified atom stereocenters. The number of carbonyl (C=O) groups is 1. The molecule has 0 aliphatic carbocycles. The molecule has 7 nitrogen and oxygen atoms in total. The lowest BCUT2D eigenvalue weighted by molar-refractivity contribution is -0.142. The summed E-state index contributed by atoms with van der Waals surface area (Å²) in [6.45, 7) is 0.00206. The number of hydrogen-bond donors (Lipinski definition) is 1. The van der Waals surface area contributed by atoms with Crippen LogP contribution in [0.1, 0.15) is 21.7 Å². The number of aromatic nitrogens is 5. The molecule has 5 aromatic rings. The van der Waals surface area contributed by atoms with Crippen LogP contribution in [0.15, 0.2) is 66.9 Å². The Morgan fingerprint density at radius 3 is 2.46 bits per heavy atom. The minimum absolute atomic E-state index is 0.00206. The summed E-state index contributed by atoms with van der Waals surface area (Å²) in [5.41, 5.74) is -0.929. The second-order valence-electron chi connectivity index (χ2n) is 7.88. The Morgan fingerprint density at radius 1 is 1.00 bits per heavy atom. The molecule has 3 aromatic heterocycles. The summed E-state index contributed by atoms with van der Waals surface area (Å²) < 4.78 is 57.4. The summed E-state index contributed by atoms with van der Waals surface area (Å²) >= 11 is 11.9. The minimum atomic E-state index is -4.77. The van der Waals surface area contributed by atoms with Crippen molar-refractivity contribution < 1.29 is 22.4 Å². The smallest absolute Gasteiger partial charge is 0.304 e. The van der Waals surface area contributed by atoms with Gasteiger partial charge in [-0.25, -0.2) is 13.9 Å². The first-order valence-electron chi connectivity index (χ1n) is 10.6. The zero-order chi connectivity index (χ0) is 26.3. The van der Waals surface area contributed by atoms with Gasteiger partial charge < -0.3 is 5.32 Å². The first-order chi connectivity index (χ1) is 17.6. The Balaban J connectivity index is 1.43. The van der Waals surface area contributed by atoms with E-state index in [1.165, 1.54) is 59.4 Å². The molecule has 0 spiro atoms. The number of carbonyl (C=O) groups excluding carboxylic acids is 1. The van der Waals surface area contributed by atoms with Crippen molar-refractivity contribution in [3.63, 3.8) is 0 Å². The van der Waals surface area contributed by atoms with Gasteiger partial charge in [0.1, 0.15) is 5.82 Å². The van der Waals surface area contributed by atoms with Crippen LogP contribution >= 0.6 is 23.2 Å². The molecule has 1 amide bonds. The third kappa shape index (κ3) is 5.13. The van der Waals surface area contributed by atoms with Gasteiger partial charge in [0, 0.05) is 39.5 Å². The first-order valence-corrected chi connectivity index (χ1v) is 11.4. The van der Waals surface area contributed by atoms with Crippen LogP contribution in [0, 0.1) is 5.82 Å². The molecular weight excluding hydrogens is 535 g/mol. The molecule has 188 valence electrons. The van der Waals surface area contributed by atoms with E-state index < -0.39 is 23.6 Å². The lowest BCUT2D eigenvalue weighted by Gasteiger charge is -2.11. The van der Waals surface area contributed by atoms with E-state index in [2.05, 4.69) is 20.5 Å². The largest absolute Gasteiger partial charge is 0.433 e. The lowest BCUT2D eigenvalue weighted by Crippen LogP contribution is -2.16. The van der Waals surface area contributed by atoms with Crippen LogP contribution in [-0.2, 0) is 12.7 Å². The van der Waals surface area contributed by atoms with Gasteiger partial charge in [0.05, 0.1) is 12.2 Å². The first kappa shape index (κ1) is 24.7. The molecule has 0 aliphatic rings. The van der Waals surface area contributed by atoms with E-state index in [4.69, 9.17) is 23.2 Å². The van der Waals surface area contributed by atoms with Crippen LogP contribution in [0.25, 0.3) is 16.9 Å². The molecule has 37 heavy (non-hydrogen) atoms. The van der Waals surface area contributed by atoms with Crippen molar-refractivity contribution in [1.82, 2.24) is 24.4 Å². The average Bonchev–Trinajstić information content (AvgIpc) is 3.47. The van der Waals surface area contributed by atoms with E-state index in [9.17, 15) is 22.4 Å². The number of alkyl halides is 3. The highest BCUT2D eigenvalue weighted by atomic mass is 35.5. The third-order valence-electron chi connectivity index (χ3n) is 5.35. The van der Waals surface area contributed by atoms with Crippen LogP contribution in [-0.4, -0.2) is 30.3 Å². The standard InChI is InChI=1S/C24H14Cl2F4N6O/c25-14-6-4-13(5-7-14)18-10-20(24(28,29)30)36-22(31-18)11-19(33-36)23(37)32-21-8-9-35(34-21)12-15-16(26)2-1-3-17(15)27/h1-11H,12H2,(H,32,34,37). The second kappa shape index (κ2) is 9.49. The zero-order valence-corrected chi connectivity index (χ0v) is 20.0. The van der Waals surface area contributed by atoms with Crippen LogP contribution in [0.2, 0.25) is 10.0 Å². The van der Waals surface area contributed by atoms with E-state index in [1.54, 1.807) is 0 Å². The SMILES string of the molecule is O=C(Nc1ccn(Cc2c(F)cccc2Cl)n1)c1cc2nc(-c3ccc(Cl)cc3)cc(C(F)(F)F)n2n1. The molecule has 3 heterocycles. The number of rotatable bonds is 5. The monoisotopic (exact) mass is 548 g/mol. The van der Waals surface area contributed by atoms with Gasteiger partial charge in [0.2, 0.25) is 0 Å². The lowest BCUT2D eigenvalue weighted by atomic mass is 10.1. The zero-order valence-electron chi connectivity index (χ0n) is 18.5. The highest BCUT2D eigenvalue weighted by Gasteiger charge is 2.35. The van der Waals surface area contributed by atoms with E-state index in [0.29, 0.717) is 15.1 Å². The van der Waals surface area contributed by atoms with Crippen LogP contribution < -0.4 is 5.32 Å². The molecule has 0 saturated heterocycles. The fraction of sp³-hybridized carbons (Fsp3) is 0.0833. The predicted octanol–water partition coefficient (Wildman–Crippen LogP) is 6.36. The van der Waals surface area contributed by atoms with Gasteiger partial charge in [-0.15, -0.1) is 0 Å². The molecule has 0 aliphatic heterocycles. The summed E-state index contributed by atoms with van der Waals surface area (Å²) in [5.74, 6) is -1.23. The van der Waals surface area contributed by atoms with Gasteiger partial charge >= 0.3 is 6.18 Å². The highest BCUT2D eigenvalue weighted by molar-refractivity contribution is 6.31. The van der Waals surface area contributed by atoms with Gasteiger partial charge in [0.25, 0.3) is 5.91 Å². The molecule has 0 saturated carbocycles. The van der Waals surface area contributed by atoms with Crippen molar-refractivity contribution in [3.05, 3.63) is 99.7 Å². The Hall–Kier alpha value is -3.96. The molecular formula is C24H14Cl2F4N6O. The van der Waals surface area contributed by atoms with Crippen molar-refractivity contribution in [3.8, 4) is 11.3 Å². The summed E-state index contributed by atoms with van der Waals surface area (Å²) in [6, 6.07) is 13.8. The molecule has 1 N–H and O–H groups in total. The van der Waals surface area contributed by atoms with Crippen LogP contribution in [0.5, 0.6) is 0 Å². The van der Waals surface area contributed by atoms with E-state index in [-0.39, 0.29) is 40.0 Å². The second-order valence-corrected chi connectivity index (χ2v) is 8.73. The van der Waals surface area contributed by atoms with Crippen molar-refractivity contribution in [2.45, 2.75) is 12.7 Å². The van der Waals surface area contributed by atoms with Crippen molar-refractivity contribution in [2.75, 3.05) is 5.32 Å². The van der Waals surface area contributed by atoms with Gasteiger partial charge in [0.15, 0.2) is 22.9 Å². The van der Waals surface area contributed by atoms with Gasteiger partial charge in [-0.2, -0.15) is 23.4 Å². The minimum Gasteiger partial charge on any atom is -0.304 e. The van der Waals surface area contributed by atoms with E-state index >= 15 is 0 Å². The number of nitrogens with one attached hydrogen (secondary N) is 1. The van der Waals surface area contributed by atoms with Crippen LogP contribution in [0.4, 0.5) is 23.4 Å². The number of amides is 1. The summed E-state index contributed by atoms with van der Waals surface area (Å²) in [6.07, 6.45) is -3.28. The Kier molecular flexibility index (Phi) is 6.34. The fourth-order valence-corrected chi connectivity index (χ4v) is 3.95. The molecule has 0 bridgehead atoms. The number of anilines is 1. The molecule has 0 atom stereocenters. The Bertz CT molecular complexity index is 1610. The van der Waals surface area contributed by atoms with E-state index in [0.717, 1.165) is 12.1 Å².